The van der Waals surface area contributed by atoms with Gasteiger partial charge in [0.2, 0.25) is 0 Å². The normalized spacial score (nSPS) is 15.8. The summed E-state index contributed by atoms with van der Waals surface area (Å²) < 4.78 is 1.05. The van der Waals surface area contributed by atoms with Gasteiger partial charge in [0, 0.05) is 48.7 Å². The first-order valence-corrected chi connectivity index (χ1v) is 16.7. The van der Waals surface area contributed by atoms with Gasteiger partial charge in [-0.05, 0) is 34.9 Å². The monoisotopic (exact) mass is 674 g/mol. The highest BCUT2D eigenvalue weighted by atomic mass is 79.9. The van der Waals surface area contributed by atoms with Gasteiger partial charge in [-0.3, -0.25) is 4.79 Å². The minimum Gasteiger partial charge on any atom is -0.289 e. The average molecular weight is 676 g/mol. The molecule has 0 fully saturated rings. The standard InChI is InChI=1S/C25H19BrN2.C18H16O/c1-25(2)20-11-7-6-10-19(20)23-21(25)22(16-8-4-3-5-9-16)27-24(28-23)17-12-14-18(26)15-13-17;1-18(2)15-11-7-6-10-14(15)17(19)16(18)12-13-8-4-3-5-9-13/h3-15H,1-2H3;3-12H,1-2H3/b;16-12-. The highest BCUT2D eigenvalue weighted by Gasteiger charge is 2.41. The first-order chi connectivity index (χ1) is 22.7. The smallest absolute Gasteiger partial charge is 0.190 e. The van der Waals surface area contributed by atoms with Crippen LogP contribution in [0.15, 0.2) is 144 Å². The zero-order valence-corrected chi connectivity index (χ0v) is 28.5. The Hall–Kier alpha value is -4.93. The van der Waals surface area contributed by atoms with Crippen molar-refractivity contribution in [3.63, 3.8) is 0 Å². The molecule has 0 amide bonds. The molecule has 0 unspecified atom stereocenters. The van der Waals surface area contributed by atoms with Crippen LogP contribution in [0.1, 0.15) is 60.3 Å². The molecule has 0 spiro atoms. The maximum Gasteiger partial charge on any atom is 0.190 e. The highest BCUT2D eigenvalue weighted by Crippen LogP contribution is 2.51. The minimum atomic E-state index is -0.219. The van der Waals surface area contributed by atoms with Crippen LogP contribution in [-0.4, -0.2) is 15.8 Å². The van der Waals surface area contributed by atoms with Crippen molar-refractivity contribution in [1.82, 2.24) is 9.97 Å². The molecule has 0 saturated carbocycles. The molecule has 2 aliphatic carbocycles. The summed E-state index contributed by atoms with van der Waals surface area (Å²) in [5.74, 6) is 0.919. The van der Waals surface area contributed by atoms with E-state index >= 15 is 0 Å². The van der Waals surface area contributed by atoms with Crippen LogP contribution in [0.3, 0.4) is 0 Å². The number of aromatic nitrogens is 2. The lowest BCUT2D eigenvalue weighted by Gasteiger charge is -2.23. The molecule has 0 atom stereocenters. The predicted molar refractivity (Wildman–Crippen MR) is 196 cm³/mol. The summed E-state index contributed by atoms with van der Waals surface area (Å²) in [5, 5.41) is 0. The van der Waals surface area contributed by atoms with Crippen molar-refractivity contribution in [2.75, 3.05) is 0 Å². The molecule has 6 aromatic rings. The molecular formula is C43H35BrN2O. The third kappa shape index (κ3) is 5.47. The Morgan fingerprint density at radius 3 is 1.72 bits per heavy atom. The highest BCUT2D eigenvalue weighted by molar-refractivity contribution is 9.10. The van der Waals surface area contributed by atoms with Crippen molar-refractivity contribution >= 4 is 27.8 Å². The molecule has 4 heteroatoms. The topological polar surface area (TPSA) is 42.9 Å². The van der Waals surface area contributed by atoms with E-state index in [0.29, 0.717) is 0 Å². The zero-order chi connectivity index (χ0) is 32.8. The van der Waals surface area contributed by atoms with Crippen LogP contribution in [0.5, 0.6) is 0 Å². The quantitative estimate of drug-likeness (QED) is 0.175. The number of rotatable bonds is 3. The molecule has 0 saturated heterocycles. The van der Waals surface area contributed by atoms with Crippen molar-refractivity contribution < 1.29 is 4.79 Å². The van der Waals surface area contributed by atoms with Gasteiger partial charge in [-0.1, -0.05) is 165 Å². The Labute approximate surface area is 285 Å². The van der Waals surface area contributed by atoms with Crippen LogP contribution in [0.2, 0.25) is 0 Å². The largest absolute Gasteiger partial charge is 0.289 e. The van der Waals surface area contributed by atoms with E-state index in [0.717, 1.165) is 55.1 Å². The number of halogens is 1. The van der Waals surface area contributed by atoms with Crippen molar-refractivity contribution in [2.45, 2.75) is 38.5 Å². The lowest BCUT2D eigenvalue weighted by atomic mass is 9.81. The third-order valence-corrected chi connectivity index (χ3v) is 9.94. The average Bonchev–Trinajstić information content (AvgIpc) is 3.45. The molecule has 3 nitrogen and oxygen atoms in total. The molecule has 8 rings (SSSR count). The van der Waals surface area contributed by atoms with Crippen LogP contribution in [0, 0.1) is 0 Å². The Kier molecular flexibility index (Phi) is 7.85. The van der Waals surface area contributed by atoms with Crippen molar-refractivity contribution in [3.05, 3.63) is 171 Å². The Morgan fingerprint density at radius 2 is 1.09 bits per heavy atom. The van der Waals surface area contributed by atoms with Gasteiger partial charge in [0.05, 0.1) is 11.4 Å². The molecule has 1 heterocycles. The van der Waals surface area contributed by atoms with Gasteiger partial charge < -0.3 is 0 Å². The van der Waals surface area contributed by atoms with Gasteiger partial charge in [-0.2, -0.15) is 0 Å². The van der Waals surface area contributed by atoms with Gasteiger partial charge in [-0.25, -0.2) is 9.97 Å². The van der Waals surface area contributed by atoms with Gasteiger partial charge in [0.1, 0.15) is 0 Å². The van der Waals surface area contributed by atoms with Gasteiger partial charge in [-0.15, -0.1) is 0 Å². The summed E-state index contributed by atoms with van der Waals surface area (Å²) in [6.07, 6.45) is 2.02. The number of hydrogen-bond acceptors (Lipinski definition) is 3. The van der Waals surface area contributed by atoms with Crippen molar-refractivity contribution in [3.8, 4) is 33.9 Å². The van der Waals surface area contributed by atoms with E-state index in [-0.39, 0.29) is 16.6 Å². The number of fused-ring (bicyclic) bond motifs is 4. The maximum atomic E-state index is 12.5. The summed E-state index contributed by atoms with van der Waals surface area (Å²) in [7, 11) is 0. The van der Waals surface area contributed by atoms with Gasteiger partial charge >= 0.3 is 0 Å². The second-order valence-corrected chi connectivity index (χ2v) is 14.0. The Balaban J connectivity index is 0.000000161. The molecule has 5 aromatic carbocycles. The third-order valence-electron chi connectivity index (χ3n) is 9.41. The van der Waals surface area contributed by atoms with E-state index in [1.54, 1.807) is 0 Å². The minimum absolute atomic E-state index is 0.144. The van der Waals surface area contributed by atoms with E-state index in [2.05, 4.69) is 110 Å². The number of hydrogen-bond donors (Lipinski definition) is 0. The summed E-state index contributed by atoms with van der Waals surface area (Å²) in [6.45, 7) is 8.77. The summed E-state index contributed by atoms with van der Waals surface area (Å²) in [4.78, 5) is 22.7. The number of carbonyl (C=O) groups is 1. The number of Topliss-reactive ketones (excluding diaryl/α,β-unsaturated/α-hetero) is 1. The molecule has 2 aliphatic rings. The fourth-order valence-corrected chi connectivity index (χ4v) is 7.18. The van der Waals surface area contributed by atoms with E-state index in [1.807, 2.05) is 72.8 Å². The Bertz CT molecular complexity index is 2150. The number of carbonyl (C=O) groups excluding carboxylic acids is 1. The number of ketones is 1. The fraction of sp³-hybridized carbons (Fsp3) is 0.140. The molecule has 0 aliphatic heterocycles. The number of allylic oxidation sites excluding steroid dienone is 1. The van der Waals surface area contributed by atoms with Crippen LogP contribution < -0.4 is 0 Å². The molecule has 0 N–H and O–H groups in total. The number of nitrogens with zero attached hydrogens (tertiary/aromatic N) is 2. The van der Waals surface area contributed by atoms with E-state index in [4.69, 9.17) is 9.97 Å². The summed E-state index contributed by atoms with van der Waals surface area (Å²) in [6, 6.07) is 45.2. The maximum absolute atomic E-state index is 12.5. The summed E-state index contributed by atoms with van der Waals surface area (Å²) >= 11 is 3.51. The molecular weight excluding hydrogens is 640 g/mol. The molecule has 230 valence electrons. The molecule has 47 heavy (non-hydrogen) atoms. The summed E-state index contributed by atoms with van der Waals surface area (Å²) in [5.41, 5.74) is 11.5. The Morgan fingerprint density at radius 1 is 0.553 bits per heavy atom. The molecule has 0 bridgehead atoms. The van der Waals surface area contributed by atoms with Crippen LogP contribution in [0.4, 0.5) is 0 Å². The van der Waals surface area contributed by atoms with E-state index < -0.39 is 0 Å². The van der Waals surface area contributed by atoms with Crippen LogP contribution in [0.25, 0.3) is 40.0 Å². The van der Waals surface area contributed by atoms with Crippen LogP contribution >= 0.6 is 15.9 Å². The fourth-order valence-electron chi connectivity index (χ4n) is 6.91. The lowest BCUT2D eigenvalue weighted by Crippen LogP contribution is -2.17. The van der Waals surface area contributed by atoms with Gasteiger partial charge in [0.15, 0.2) is 11.6 Å². The first-order valence-electron chi connectivity index (χ1n) is 15.9. The lowest BCUT2D eigenvalue weighted by molar-refractivity contribution is 0.103. The molecule has 1 aromatic heterocycles. The molecule has 0 radical (unpaired) electrons. The van der Waals surface area contributed by atoms with E-state index in [9.17, 15) is 4.79 Å². The second kappa shape index (κ2) is 12.0. The first kappa shape index (κ1) is 30.7. The predicted octanol–water partition coefficient (Wildman–Crippen LogP) is 11.1. The zero-order valence-electron chi connectivity index (χ0n) is 27.0. The van der Waals surface area contributed by atoms with Crippen LogP contribution in [-0.2, 0) is 10.8 Å². The second-order valence-electron chi connectivity index (χ2n) is 13.1. The van der Waals surface area contributed by atoms with Gasteiger partial charge in [0.25, 0.3) is 0 Å². The SMILES string of the molecule is CC1(C)/C(=C\c2ccccc2)C(=O)c2ccccc21.CC1(C)c2ccccc2-c2nc(-c3ccc(Br)cc3)nc(-c3ccccc3)c21. The number of benzene rings is 5. The van der Waals surface area contributed by atoms with Crippen molar-refractivity contribution in [1.29, 1.82) is 0 Å². The van der Waals surface area contributed by atoms with Crippen molar-refractivity contribution in [2.24, 2.45) is 0 Å². The van der Waals surface area contributed by atoms with E-state index in [1.165, 1.54) is 16.7 Å².